The van der Waals surface area contributed by atoms with Crippen LogP contribution in [0.4, 0.5) is 9.52 Å². The maximum atomic E-state index is 13.0. The Morgan fingerprint density at radius 2 is 2.00 bits per heavy atom. The van der Waals surface area contributed by atoms with E-state index in [4.69, 9.17) is 9.72 Å². The number of hydrogen-bond acceptors (Lipinski definition) is 6. The number of halogens is 1. The van der Waals surface area contributed by atoms with Crippen LogP contribution in [0.25, 0.3) is 10.2 Å². The number of fused-ring (bicyclic) bond motifs is 1. The molecule has 5 nitrogen and oxygen atoms in total. The van der Waals surface area contributed by atoms with Crippen molar-refractivity contribution >= 4 is 26.7 Å². The second-order valence-corrected chi connectivity index (χ2v) is 8.73. The molecule has 0 aliphatic carbocycles. The number of aromatic hydroxyl groups is 1. The predicted molar refractivity (Wildman–Crippen MR) is 121 cm³/mol. The number of aromatic nitrogens is 1. The molecule has 1 saturated heterocycles. The lowest BCUT2D eigenvalue weighted by Gasteiger charge is -2.25. The molecule has 0 radical (unpaired) electrons. The Balaban J connectivity index is 1.46. The van der Waals surface area contributed by atoms with E-state index < -0.39 is 0 Å². The first-order valence-corrected chi connectivity index (χ1v) is 11.4. The van der Waals surface area contributed by atoms with Crippen molar-refractivity contribution in [2.24, 2.45) is 0 Å². The Kier molecular flexibility index (Phi) is 6.69. The minimum atomic E-state index is -0.262. The number of piperidine rings is 1. The topological polar surface area (TPSA) is 66.4 Å². The SMILES string of the molecule is CNc1nc2c(C3CCNCC3)c(O)c(CCCCOc3ccc(F)cc3)cc2s1. The number of thiazole rings is 1. The molecule has 1 fully saturated rings. The van der Waals surface area contributed by atoms with Gasteiger partial charge < -0.3 is 20.5 Å². The Labute approximate surface area is 180 Å². The molecule has 0 spiro atoms. The molecule has 4 rings (SSSR count). The van der Waals surface area contributed by atoms with Crippen LogP contribution in [0, 0.1) is 5.82 Å². The highest BCUT2D eigenvalue weighted by atomic mass is 32.1. The fourth-order valence-electron chi connectivity index (χ4n) is 4.07. The van der Waals surface area contributed by atoms with Crippen LogP contribution in [0.5, 0.6) is 11.5 Å². The summed E-state index contributed by atoms with van der Waals surface area (Å²) >= 11 is 1.64. The minimum Gasteiger partial charge on any atom is -0.507 e. The molecule has 0 saturated carbocycles. The van der Waals surface area contributed by atoms with Crippen LogP contribution in [0.1, 0.15) is 42.7 Å². The van der Waals surface area contributed by atoms with Crippen LogP contribution in [0.2, 0.25) is 0 Å². The smallest absolute Gasteiger partial charge is 0.183 e. The highest BCUT2D eigenvalue weighted by Crippen LogP contribution is 2.42. The molecule has 3 N–H and O–H groups in total. The molecule has 160 valence electrons. The molecule has 0 atom stereocenters. The van der Waals surface area contributed by atoms with Crippen LogP contribution < -0.4 is 15.4 Å². The molecule has 0 amide bonds. The maximum absolute atomic E-state index is 13.0. The van der Waals surface area contributed by atoms with Crippen LogP contribution in [0.15, 0.2) is 30.3 Å². The van der Waals surface area contributed by atoms with Crippen molar-refractivity contribution in [3.63, 3.8) is 0 Å². The van der Waals surface area contributed by atoms with E-state index in [1.165, 1.54) is 12.1 Å². The summed E-state index contributed by atoms with van der Waals surface area (Å²) in [5.74, 6) is 1.17. The Bertz CT molecular complexity index is 984. The van der Waals surface area contributed by atoms with Gasteiger partial charge in [0.15, 0.2) is 5.13 Å². The summed E-state index contributed by atoms with van der Waals surface area (Å²) in [6, 6.07) is 8.18. The number of anilines is 1. The third-order valence-electron chi connectivity index (χ3n) is 5.66. The number of nitrogens with zero attached hydrogens (tertiary/aromatic N) is 1. The Morgan fingerprint density at radius 3 is 2.73 bits per heavy atom. The summed E-state index contributed by atoms with van der Waals surface area (Å²) in [4.78, 5) is 4.74. The third kappa shape index (κ3) is 4.68. The number of phenolic OH excluding ortho intramolecular Hbond substituents is 1. The van der Waals surface area contributed by atoms with Crippen LogP contribution in [0.3, 0.4) is 0 Å². The molecular weight excluding hydrogens is 401 g/mol. The number of hydrogen-bond donors (Lipinski definition) is 3. The number of benzene rings is 2. The van der Waals surface area contributed by atoms with Gasteiger partial charge in [0.25, 0.3) is 0 Å². The van der Waals surface area contributed by atoms with Crippen molar-refractivity contribution < 1.29 is 14.2 Å². The summed E-state index contributed by atoms with van der Waals surface area (Å²) < 4.78 is 19.8. The number of ether oxygens (including phenoxy) is 1. The van der Waals surface area contributed by atoms with E-state index in [1.54, 1.807) is 23.5 Å². The van der Waals surface area contributed by atoms with E-state index >= 15 is 0 Å². The summed E-state index contributed by atoms with van der Waals surface area (Å²) in [6.07, 6.45) is 4.60. The molecule has 1 aliphatic rings. The standard InChI is InChI=1S/C23H28FN3O2S/c1-25-23-27-21-19(30-23)14-16(22(28)20(21)15-9-11-26-12-10-15)4-2-3-13-29-18-7-5-17(24)6-8-18/h5-8,14-15,26,28H,2-4,9-13H2,1H3,(H,25,27). The molecule has 2 heterocycles. The van der Waals surface area contributed by atoms with Crippen molar-refractivity contribution in [1.82, 2.24) is 10.3 Å². The summed E-state index contributed by atoms with van der Waals surface area (Å²) in [7, 11) is 1.88. The summed E-state index contributed by atoms with van der Waals surface area (Å²) in [5.41, 5.74) is 2.95. The normalized spacial score (nSPS) is 14.9. The highest BCUT2D eigenvalue weighted by Gasteiger charge is 2.25. The largest absolute Gasteiger partial charge is 0.507 e. The zero-order valence-corrected chi connectivity index (χ0v) is 18.0. The first-order valence-electron chi connectivity index (χ1n) is 10.6. The fourth-order valence-corrected chi connectivity index (χ4v) is 4.97. The van der Waals surface area contributed by atoms with Crippen LogP contribution >= 0.6 is 11.3 Å². The van der Waals surface area contributed by atoms with Gasteiger partial charge >= 0.3 is 0 Å². The van der Waals surface area contributed by atoms with Gasteiger partial charge in [-0.25, -0.2) is 9.37 Å². The van der Waals surface area contributed by atoms with E-state index in [-0.39, 0.29) is 5.82 Å². The molecule has 7 heteroatoms. The number of aryl methyl sites for hydroxylation is 1. The minimum absolute atomic E-state index is 0.262. The predicted octanol–water partition coefficient (Wildman–Crippen LogP) is 5.05. The van der Waals surface area contributed by atoms with Gasteiger partial charge in [-0.15, -0.1) is 0 Å². The van der Waals surface area contributed by atoms with Crippen molar-refractivity contribution in [3.8, 4) is 11.5 Å². The number of nitrogens with one attached hydrogen (secondary N) is 2. The molecule has 1 aromatic heterocycles. The Morgan fingerprint density at radius 1 is 1.23 bits per heavy atom. The van der Waals surface area contributed by atoms with E-state index in [0.29, 0.717) is 24.0 Å². The molecule has 1 aliphatic heterocycles. The second-order valence-electron chi connectivity index (χ2n) is 7.70. The van der Waals surface area contributed by atoms with Crippen LogP contribution in [-0.2, 0) is 6.42 Å². The lowest BCUT2D eigenvalue weighted by atomic mass is 9.87. The van der Waals surface area contributed by atoms with Crippen molar-refractivity contribution in [3.05, 3.63) is 47.3 Å². The van der Waals surface area contributed by atoms with Crippen molar-refractivity contribution in [2.75, 3.05) is 32.1 Å². The molecule has 3 aromatic rings. The van der Waals surface area contributed by atoms with E-state index in [1.807, 2.05) is 7.05 Å². The van der Waals surface area contributed by atoms with Gasteiger partial charge in [-0.1, -0.05) is 11.3 Å². The van der Waals surface area contributed by atoms with Gasteiger partial charge in [0.1, 0.15) is 17.3 Å². The van der Waals surface area contributed by atoms with Gasteiger partial charge in [-0.2, -0.15) is 0 Å². The zero-order valence-electron chi connectivity index (χ0n) is 17.2. The Hall–Kier alpha value is -2.38. The van der Waals surface area contributed by atoms with Gasteiger partial charge in [0.2, 0.25) is 0 Å². The lowest BCUT2D eigenvalue weighted by Crippen LogP contribution is -2.26. The quantitative estimate of drug-likeness (QED) is 0.437. The monoisotopic (exact) mass is 429 g/mol. The average molecular weight is 430 g/mol. The molecular formula is C23H28FN3O2S. The second kappa shape index (κ2) is 9.62. The molecule has 30 heavy (non-hydrogen) atoms. The van der Waals surface area contributed by atoms with Crippen molar-refractivity contribution in [2.45, 2.75) is 38.0 Å². The number of unbranched alkanes of at least 4 members (excludes halogenated alkanes) is 1. The van der Waals surface area contributed by atoms with Gasteiger partial charge in [0.05, 0.1) is 16.8 Å². The van der Waals surface area contributed by atoms with E-state index in [9.17, 15) is 9.50 Å². The van der Waals surface area contributed by atoms with E-state index in [0.717, 1.165) is 71.7 Å². The highest BCUT2D eigenvalue weighted by molar-refractivity contribution is 7.22. The third-order valence-corrected chi connectivity index (χ3v) is 6.68. The molecule has 0 bridgehead atoms. The van der Waals surface area contributed by atoms with Gasteiger partial charge in [-0.3, -0.25) is 0 Å². The average Bonchev–Trinajstić information content (AvgIpc) is 3.18. The summed E-state index contributed by atoms with van der Waals surface area (Å²) in [5, 5.41) is 18.6. The van der Waals surface area contributed by atoms with Gasteiger partial charge in [0, 0.05) is 12.6 Å². The summed E-state index contributed by atoms with van der Waals surface area (Å²) in [6.45, 7) is 2.51. The number of rotatable bonds is 8. The maximum Gasteiger partial charge on any atom is 0.183 e. The fraction of sp³-hybridized carbons (Fsp3) is 0.435. The van der Waals surface area contributed by atoms with Gasteiger partial charge in [-0.05, 0) is 87.0 Å². The van der Waals surface area contributed by atoms with E-state index in [2.05, 4.69) is 16.7 Å². The zero-order chi connectivity index (χ0) is 20.9. The first kappa shape index (κ1) is 20.9. The van der Waals surface area contributed by atoms with Crippen molar-refractivity contribution in [1.29, 1.82) is 0 Å². The molecule has 0 unspecified atom stereocenters. The first-order chi connectivity index (χ1) is 14.7. The molecule has 2 aromatic carbocycles. The lowest BCUT2D eigenvalue weighted by molar-refractivity contribution is 0.306. The number of phenols is 1. The van der Waals surface area contributed by atoms with Crippen LogP contribution in [-0.4, -0.2) is 36.8 Å².